The van der Waals surface area contributed by atoms with Gasteiger partial charge in [-0.2, -0.15) is 0 Å². The Labute approximate surface area is 713 Å². The normalized spacial score (nSPS) is 23.7. The van der Waals surface area contributed by atoms with Crippen molar-refractivity contribution in [3.63, 3.8) is 0 Å². The zero-order chi connectivity index (χ0) is 84.0. The zero-order valence-corrected chi connectivity index (χ0v) is 74.0. The first-order valence-electron chi connectivity index (χ1n) is 41.8. The highest BCUT2D eigenvalue weighted by Gasteiger charge is 2.72. The zero-order valence-electron chi connectivity index (χ0n) is 71.3. The van der Waals surface area contributed by atoms with Crippen molar-refractivity contribution in [1.82, 2.24) is 0 Å². The minimum Gasteiger partial charge on any atom is -0.341 e. The van der Waals surface area contributed by atoms with Gasteiger partial charge in [0.05, 0.1) is 0 Å². The second kappa shape index (κ2) is 33.6. The van der Waals surface area contributed by atoms with Crippen molar-refractivity contribution < 1.29 is 55.6 Å². The van der Waals surface area contributed by atoms with Crippen molar-refractivity contribution in [3.05, 3.63) is 431 Å². The minimum absolute atomic E-state index is 0.326. The fraction of sp³-hybridized carbons (Fsp3) is 0.314. The van der Waals surface area contributed by atoms with E-state index < -0.39 is 113 Å². The number of ether oxygens (including phenoxy) is 6. The van der Waals surface area contributed by atoms with Gasteiger partial charge >= 0.3 is 0 Å². The molecule has 12 aromatic carbocycles. The van der Waals surface area contributed by atoms with Crippen LogP contribution in [-0.2, 0) is 89.2 Å². The Kier molecular flexibility index (Phi) is 23.8. The maximum Gasteiger partial charge on any atom is 0.178 e. The summed E-state index contributed by atoms with van der Waals surface area (Å²) < 4.78 is 86.9. The molecule has 6 aliphatic heterocycles. The Balaban J connectivity index is 0.000000134. The molecular formula is C105H111O12P3. The van der Waals surface area contributed by atoms with E-state index >= 15 is 0 Å². The Hall–Kier alpha value is -8.55. The smallest absolute Gasteiger partial charge is 0.178 e. The summed E-state index contributed by atoms with van der Waals surface area (Å²) in [7, 11) is -4.58. The largest absolute Gasteiger partial charge is 0.341 e. The Morgan fingerprint density at radius 1 is 0.167 bits per heavy atom. The van der Waals surface area contributed by atoms with Crippen LogP contribution in [0.25, 0.3) is 0 Å². The molecule has 6 atom stereocenters. The predicted molar refractivity (Wildman–Crippen MR) is 480 cm³/mol. The molecule has 0 spiro atoms. The minimum atomic E-state index is -1.53. The summed E-state index contributed by atoms with van der Waals surface area (Å²) in [4.78, 5) is 0. The molecule has 0 N–H and O–H groups in total. The number of hydrogen-bond acceptors (Lipinski definition) is 12. The van der Waals surface area contributed by atoms with E-state index in [1.807, 2.05) is 114 Å². The van der Waals surface area contributed by atoms with E-state index in [1.54, 1.807) is 0 Å². The van der Waals surface area contributed by atoms with Crippen LogP contribution in [0.15, 0.2) is 364 Å². The van der Waals surface area contributed by atoms with Gasteiger partial charge in [0, 0.05) is 15.5 Å². The van der Waals surface area contributed by atoms with Crippen LogP contribution >= 0.6 is 25.1 Å². The third-order valence-corrected chi connectivity index (χ3v) is 29.1. The maximum absolute atomic E-state index is 7.48. The number of fused-ring (bicyclic) bond motifs is 3. The van der Waals surface area contributed by atoms with Crippen LogP contribution in [0.3, 0.4) is 0 Å². The molecule has 15 heteroatoms. The molecule has 0 radical (unpaired) electrons. The highest BCUT2D eigenvalue weighted by molar-refractivity contribution is 7.49. The lowest BCUT2D eigenvalue weighted by molar-refractivity contribution is -0.174. The first kappa shape index (κ1) is 85.0. The molecular weight excluding hydrogens is 1550 g/mol. The van der Waals surface area contributed by atoms with Crippen molar-refractivity contribution in [2.45, 2.75) is 207 Å². The van der Waals surface area contributed by atoms with E-state index in [9.17, 15) is 0 Å². The van der Waals surface area contributed by atoms with E-state index in [1.165, 1.54) is 0 Å². The molecule has 0 aliphatic carbocycles. The summed E-state index contributed by atoms with van der Waals surface area (Å²) in [5, 5.41) is -0.979. The molecule has 6 saturated heterocycles. The van der Waals surface area contributed by atoms with Gasteiger partial charge in [0.15, 0.2) is 76.1 Å². The Bertz CT molecular complexity index is 4240. The average molecular weight is 1660 g/mol. The molecule has 12 aromatic rings. The molecule has 120 heavy (non-hydrogen) atoms. The van der Waals surface area contributed by atoms with Gasteiger partial charge in [0.1, 0.15) is 36.6 Å². The van der Waals surface area contributed by atoms with Gasteiger partial charge in [-0.3, -0.25) is 0 Å². The molecule has 0 bridgehead atoms. The molecule has 0 unspecified atom stereocenters. The van der Waals surface area contributed by atoms with Crippen molar-refractivity contribution in [1.29, 1.82) is 0 Å². The first-order chi connectivity index (χ1) is 57.5. The van der Waals surface area contributed by atoms with Gasteiger partial charge < -0.3 is 55.6 Å². The SMILES string of the molecule is CC1(C)O[C@@H]2[C@@H](O1)C(c1ccccc1)(c1ccccc1)OP(C(C)(C)C)OC2(c1ccccc1)c1ccccc1.CC1(C)O[C@H]2[C@H](O1)C(c1ccccc1)(c1ccccc1)OP(C(C)(C)C)OC2(c1ccccc1)c1ccccc1.CC1(C)O[C@H]2[C@H](O1)C(c1ccccc1)(c1ccccc1)OP(C(C)(C)C)OC2(c1ccccc1)c1ccccc1. The second-order valence-corrected chi connectivity index (χ2v) is 42.7. The Morgan fingerprint density at radius 3 is 0.342 bits per heavy atom. The molecule has 618 valence electrons. The van der Waals surface area contributed by atoms with Crippen molar-refractivity contribution in [2.75, 3.05) is 0 Å². The third-order valence-electron chi connectivity index (χ3n) is 23.1. The van der Waals surface area contributed by atoms with Crippen molar-refractivity contribution in [3.8, 4) is 0 Å². The van der Waals surface area contributed by atoms with Crippen molar-refractivity contribution >= 4 is 25.1 Å². The standard InChI is InChI=1S/3C35H37O4P/c3*1-32(2,3)40-38-34(26-18-10-6-11-19-26,27-20-12-7-13-21-27)30-31(37-33(4,5)36-30)35(39-40,28-22-14-8-15-23-28)29-24-16-9-17-25-29/h3*6-25,30-31H,1-5H3/t3*30-,31-/m100/s1. The van der Waals surface area contributed by atoms with E-state index in [0.717, 1.165) is 66.8 Å². The second-order valence-electron chi connectivity index (χ2n) is 36.1. The molecule has 0 amide bonds. The van der Waals surface area contributed by atoms with Gasteiger partial charge in [0.2, 0.25) is 0 Å². The monoisotopic (exact) mass is 1660 g/mol. The predicted octanol–water partition coefficient (Wildman–Crippen LogP) is 25.7. The van der Waals surface area contributed by atoms with Gasteiger partial charge in [-0.05, 0) is 108 Å². The lowest BCUT2D eigenvalue weighted by Crippen LogP contribution is -2.53. The molecule has 0 saturated carbocycles. The topological polar surface area (TPSA) is 111 Å². The molecule has 12 nitrogen and oxygen atoms in total. The van der Waals surface area contributed by atoms with Gasteiger partial charge in [-0.15, -0.1) is 0 Å². The lowest BCUT2D eigenvalue weighted by atomic mass is 9.72. The average Bonchev–Trinajstić information content (AvgIpc) is 1.55. The molecule has 18 rings (SSSR count). The van der Waals surface area contributed by atoms with Crippen LogP contribution in [0.2, 0.25) is 0 Å². The summed E-state index contributed by atoms with van der Waals surface area (Å²) in [6.45, 7) is 31.6. The number of hydrogen-bond donors (Lipinski definition) is 0. The van der Waals surface area contributed by atoms with E-state index in [2.05, 4.69) is 353 Å². The number of benzene rings is 12. The summed E-state index contributed by atoms with van der Waals surface area (Å²) >= 11 is 0. The molecule has 6 fully saturated rings. The summed E-state index contributed by atoms with van der Waals surface area (Å²) in [5.74, 6) is -2.64. The highest BCUT2D eigenvalue weighted by atomic mass is 31.2. The van der Waals surface area contributed by atoms with Gasteiger partial charge in [-0.25, -0.2) is 0 Å². The number of rotatable bonds is 12. The van der Waals surface area contributed by atoms with Crippen LogP contribution in [0.5, 0.6) is 0 Å². The van der Waals surface area contributed by atoms with Crippen LogP contribution in [0.1, 0.15) is 171 Å². The van der Waals surface area contributed by atoms with Crippen LogP contribution in [-0.4, -0.2) is 69.5 Å². The first-order valence-corrected chi connectivity index (χ1v) is 45.3. The molecule has 0 aromatic heterocycles. The van der Waals surface area contributed by atoms with Crippen molar-refractivity contribution in [2.24, 2.45) is 0 Å². The molecule has 6 aliphatic rings. The maximum atomic E-state index is 7.48. The molecule has 6 heterocycles. The third kappa shape index (κ3) is 15.8. The van der Waals surface area contributed by atoms with E-state index in [4.69, 9.17) is 55.6 Å². The Morgan fingerprint density at radius 2 is 0.258 bits per heavy atom. The van der Waals surface area contributed by atoms with Crippen LogP contribution in [0, 0.1) is 0 Å². The summed E-state index contributed by atoms with van der Waals surface area (Å²) in [6, 6.07) is 125. The lowest BCUT2D eigenvalue weighted by Gasteiger charge is -2.42. The summed E-state index contributed by atoms with van der Waals surface area (Å²) in [5.41, 5.74) is 6.14. The van der Waals surface area contributed by atoms with Crippen LogP contribution in [0.4, 0.5) is 0 Å². The van der Waals surface area contributed by atoms with Gasteiger partial charge in [-0.1, -0.05) is 426 Å². The fourth-order valence-electron chi connectivity index (χ4n) is 17.9. The fourth-order valence-corrected chi connectivity index (χ4v) is 23.1. The quantitative estimate of drug-likeness (QED) is 0.109. The van der Waals surface area contributed by atoms with E-state index in [0.29, 0.717) is 0 Å². The highest BCUT2D eigenvalue weighted by Crippen LogP contribution is 2.73. The summed E-state index contributed by atoms with van der Waals surface area (Å²) in [6.07, 6.45) is -3.24. The van der Waals surface area contributed by atoms with E-state index in [-0.39, 0.29) is 15.5 Å². The van der Waals surface area contributed by atoms with Gasteiger partial charge in [0.25, 0.3) is 0 Å². The van der Waals surface area contributed by atoms with Crippen LogP contribution < -0.4 is 0 Å².